The zero-order valence-corrected chi connectivity index (χ0v) is 16.7. The van der Waals surface area contributed by atoms with E-state index in [-0.39, 0.29) is 13.2 Å². The molecule has 1 aliphatic heterocycles. The third-order valence-electron chi connectivity index (χ3n) is 4.43. The molecule has 0 saturated carbocycles. The predicted molar refractivity (Wildman–Crippen MR) is 109 cm³/mol. The molecule has 0 spiro atoms. The Labute approximate surface area is 171 Å². The van der Waals surface area contributed by atoms with Crippen LogP contribution in [0.15, 0.2) is 42.5 Å². The SMILES string of the molecule is C[C@H](OC(=O)CCCc1nc2ccccc2s1)C(=O)Nc1ccc2c(c1)OCO2. The van der Waals surface area contributed by atoms with Crippen LogP contribution in [0.3, 0.4) is 0 Å². The summed E-state index contributed by atoms with van der Waals surface area (Å²) in [4.78, 5) is 28.9. The molecule has 0 bridgehead atoms. The fraction of sp³-hybridized carbons (Fsp3) is 0.286. The minimum absolute atomic E-state index is 0.164. The average molecular weight is 412 g/mol. The van der Waals surface area contributed by atoms with Gasteiger partial charge in [0.15, 0.2) is 17.6 Å². The van der Waals surface area contributed by atoms with E-state index in [0.717, 1.165) is 15.2 Å². The number of carbonyl (C=O) groups is 2. The average Bonchev–Trinajstić information content (AvgIpc) is 3.33. The van der Waals surface area contributed by atoms with E-state index in [1.165, 1.54) is 0 Å². The van der Waals surface area contributed by atoms with Crippen molar-refractivity contribution in [1.29, 1.82) is 0 Å². The van der Waals surface area contributed by atoms with Gasteiger partial charge >= 0.3 is 5.97 Å². The fourth-order valence-corrected chi connectivity index (χ4v) is 3.95. The van der Waals surface area contributed by atoms with Gasteiger partial charge in [-0.25, -0.2) is 4.98 Å². The maximum Gasteiger partial charge on any atom is 0.306 e. The summed E-state index contributed by atoms with van der Waals surface area (Å²) in [5.41, 5.74) is 1.53. The second kappa shape index (κ2) is 8.48. The lowest BCUT2D eigenvalue weighted by atomic mass is 10.2. The number of nitrogens with one attached hydrogen (secondary N) is 1. The highest BCUT2D eigenvalue weighted by Crippen LogP contribution is 2.34. The first-order valence-corrected chi connectivity index (χ1v) is 10.1. The van der Waals surface area contributed by atoms with Crippen molar-refractivity contribution in [3.8, 4) is 11.5 Å². The van der Waals surface area contributed by atoms with Crippen LogP contribution in [0.25, 0.3) is 10.2 Å². The van der Waals surface area contributed by atoms with Crippen LogP contribution in [0.2, 0.25) is 0 Å². The molecule has 2 heterocycles. The molecular formula is C21H20N2O5S. The number of aryl methyl sites for hydroxylation is 1. The Bertz CT molecular complexity index is 1020. The van der Waals surface area contributed by atoms with Crippen LogP contribution in [0.1, 0.15) is 24.8 Å². The highest BCUT2D eigenvalue weighted by molar-refractivity contribution is 7.18. The van der Waals surface area contributed by atoms with Crippen LogP contribution in [0.5, 0.6) is 11.5 Å². The molecule has 0 aliphatic carbocycles. The summed E-state index contributed by atoms with van der Waals surface area (Å²) >= 11 is 1.63. The number of para-hydroxylation sites is 1. The predicted octanol–water partition coefficient (Wildman–Crippen LogP) is 3.92. The zero-order chi connectivity index (χ0) is 20.2. The van der Waals surface area contributed by atoms with E-state index in [1.807, 2.05) is 24.3 Å². The first-order chi connectivity index (χ1) is 14.1. The molecule has 29 heavy (non-hydrogen) atoms. The Balaban J connectivity index is 1.22. The van der Waals surface area contributed by atoms with Crippen LogP contribution in [0, 0.1) is 0 Å². The third kappa shape index (κ3) is 4.65. The molecule has 1 atom stereocenters. The fourth-order valence-electron chi connectivity index (χ4n) is 2.94. The highest BCUT2D eigenvalue weighted by Gasteiger charge is 2.20. The highest BCUT2D eigenvalue weighted by atomic mass is 32.1. The number of aromatic nitrogens is 1. The molecule has 1 aliphatic rings. The smallest absolute Gasteiger partial charge is 0.306 e. The molecule has 150 valence electrons. The number of carbonyl (C=O) groups excluding carboxylic acids is 2. The summed E-state index contributed by atoms with van der Waals surface area (Å²) in [6, 6.07) is 13.0. The number of esters is 1. The van der Waals surface area contributed by atoms with Crippen molar-refractivity contribution in [2.45, 2.75) is 32.3 Å². The largest absolute Gasteiger partial charge is 0.454 e. The summed E-state index contributed by atoms with van der Waals surface area (Å²) in [5, 5.41) is 3.71. The number of anilines is 1. The molecule has 0 unspecified atom stereocenters. The third-order valence-corrected chi connectivity index (χ3v) is 5.52. The van der Waals surface area contributed by atoms with Crippen molar-refractivity contribution in [2.75, 3.05) is 12.1 Å². The molecule has 0 radical (unpaired) electrons. The van der Waals surface area contributed by atoms with E-state index in [9.17, 15) is 9.59 Å². The van der Waals surface area contributed by atoms with Crippen molar-refractivity contribution in [3.63, 3.8) is 0 Å². The second-order valence-electron chi connectivity index (χ2n) is 6.62. The quantitative estimate of drug-likeness (QED) is 0.592. The zero-order valence-electron chi connectivity index (χ0n) is 15.8. The van der Waals surface area contributed by atoms with Gasteiger partial charge in [0.25, 0.3) is 5.91 Å². The maximum absolute atomic E-state index is 12.3. The van der Waals surface area contributed by atoms with Gasteiger partial charge in [-0.15, -0.1) is 11.3 Å². The summed E-state index contributed by atoms with van der Waals surface area (Å²) in [5.74, 6) is 0.403. The van der Waals surface area contributed by atoms with E-state index in [4.69, 9.17) is 14.2 Å². The summed E-state index contributed by atoms with van der Waals surface area (Å²) in [7, 11) is 0. The Morgan fingerprint density at radius 1 is 1.21 bits per heavy atom. The van der Waals surface area contributed by atoms with Gasteiger partial charge in [-0.1, -0.05) is 12.1 Å². The van der Waals surface area contributed by atoms with Crippen molar-refractivity contribution >= 4 is 39.1 Å². The Morgan fingerprint density at radius 2 is 2.03 bits per heavy atom. The Kier molecular flexibility index (Phi) is 5.62. The number of ether oxygens (including phenoxy) is 3. The molecule has 0 saturated heterocycles. The lowest BCUT2D eigenvalue weighted by molar-refractivity contribution is -0.153. The van der Waals surface area contributed by atoms with Gasteiger partial charge in [0, 0.05) is 18.2 Å². The molecule has 0 fully saturated rings. The molecule has 2 aromatic carbocycles. The molecule has 1 N–H and O–H groups in total. The molecule has 4 rings (SSSR count). The van der Waals surface area contributed by atoms with Crippen molar-refractivity contribution in [3.05, 3.63) is 47.5 Å². The first-order valence-electron chi connectivity index (χ1n) is 9.33. The standard InChI is InChI=1S/C21H20N2O5S/c1-13(21(25)22-14-9-10-16-17(11-14)27-12-26-16)28-20(24)8-4-7-19-23-15-5-2-3-6-18(15)29-19/h2-3,5-6,9-11,13H,4,7-8,12H2,1H3,(H,22,25)/t13-/m0/s1. The molecule has 1 aromatic heterocycles. The molecule has 7 nitrogen and oxygen atoms in total. The van der Waals surface area contributed by atoms with E-state index in [0.29, 0.717) is 30.0 Å². The number of thiazole rings is 1. The van der Waals surface area contributed by atoms with Gasteiger partial charge in [0.2, 0.25) is 6.79 Å². The van der Waals surface area contributed by atoms with E-state index in [2.05, 4.69) is 10.3 Å². The minimum Gasteiger partial charge on any atom is -0.454 e. The van der Waals surface area contributed by atoms with Gasteiger partial charge < -0.3 is 19.5 Å². The number of amides is 1. The maximum atomic E-state index is 12.3. The molecule has 1 amide bonds. The molecule has 3 aromatic rings. The Morgan fingerprint density at radius 3 is 2.90 bits per heavy atom. The summed E-state index contributed by atoms with van der Waals surface area (Å²) < 4.78 is 16.9. The topological polar surface area (TPSA) is 86.8 Å². The summed E-state index contributed by atoms with van der Waals surface area (Å²) in [6.07, 6.45) is 0.661. The van der Waals surface area contributed by atoms with Crippen LogP contribution in [-0.4, -0.2) is 29.8 Å². The van der Waals surface area contributed by atoms with Crippen LogP contribution in [0.4, 0.5) is 5.69 Å². The van der Waals surface area contributed by atoms with E-state index in [1.54, 1.807) is 36.5 Å². The minimum atomic E-state index is -0.893. The van der Waals surface area contributed by atoms with Crippen LogP contribution in [-0.2, 0) is 20.7 Å². The van der Waals surface area contributed by atoms with Gasteiger partial charge in [-0.3, -0.25) is 9.59 Å². The van der Waals surface area contributed by atoms with E-state index < -0.39 is 18.0 Å². The van der Waals surface area contributed by atoms with Crippen LogP contribution < -0.4 is 14.8 Å². The van der Waals surface area contributed by atoms with E-state index >= 15 is 0 Å². The summed E-state index contributed by atoms with van der Waals surface area (Å²) in [6.45, 7) is 1.71. The van der Waals surface area contributed by atoms with Gasteiger partial charge in [-0.05, 0) is 44.0 Å². The molecular weight excluding hydrogens is 392 g/mol. The molecule has 8 heteroatoms. The first kappa shape index (κ1) is 19.2. The van der Waals surface area contributed by atoms with Crippen LogP contribution >= 0.6 is 11.3 Å². The number of fused-ring (bicyclic) bond motifs is 2. The van der Waals surface area contributed by atoms with Crippen molar-refractivity contribution in [1.82, 2.24) is 4.98 Å². The van der Waals surface area contributed by atoms with Crippen molar-refractivity contribution < 1.29 is 23.8 Å². The number of hydrogen-bond acceptors (Lipinski definition) is 7. The van der Waals surface area contributed by atoms with Gasteiger partial charge in [-0.2, -0.15) is 0 Å². The lowest BCUT2D eigenvalue weighted by Gasteiger charge is -2.13. The second-order valence-corrected chi connectivity index (χ2v) is 7.73. The number of rotatable bonds is 7. The van der Waals surface area contributed by atoms with Gasteiger partial charge in [0.1, 0.15) is 0 Å². The number of hydrogen-bond donors (Lipinski definition) is 1. The van der Waals surface area contributed by atoms with Crippen molar-refractivity contribution in [2.24, 2.45) is 0 Å². The number of benzene rings is 2. The van der Waals surface area contributed by atoms with Gasteiger partial charge in [0.05, 0.1) is 15.2 Å². The normalized spacial score (nSPS) is 13.3. The lowest BCUT2D eigenvalue weighted by Crippen LogP contribution is -2.29. The Hall–Kier alpha value is -3.13. The number of nitrogens with zero attached hydrogens (tertiary/aromatic N) is 1. The monoisotopic (exact) mass is 412 g/mol.